The zero-order valence-electron chi connectivity index (χ0n) is 11.3. The Morgan fingerprint density at radius 2 is 2.16 bits per heavy atom. The summed E-state index contributed by atoms with van der Waals surface area (Å²) in [7, 11) is 0. The third-order valence-corrected chi connectivity index (χ3v) is 4.35. The maximum absolute atomic E-state index is 11.4. The zero-order valence-corrected chi connectivity index (χ0v) is 12.1. The fourth-order valence-electron chi connectivity index (χ4n) is 2.19. The number of carbonyl (C=O) groups excluding carboxylic acids is 1. The average molecular weight is 279 g/mol. The molecule has 0 atom stereocenters. The van der Waals surface area contributed by atoms with E-state index in [2.05, 4.69) is 23.2 Å². The molecule has 0 unspecified atom stereocenters. The molecule has 1 saturated heterocycles. The first kappa shape index (κ1) is 14.4. The lowest BCUT2D eigenvalue weighted by Gasteiger charge is -2.27. The molecule has 1 aromatic carbocycles. The van der Waals surface area contributed by atoms with Crippen molar-refractivity contribution in [3.8, 4) is 0 Å². The number of hydrogen-bond donors (Lipinski definition) is 2. The molecule has 19 heavy (non-hydrogen) atoms. The standard InChI is InChI=1S/C14H21N3OS/c1-11-12(10-17-5-7-19-8-6-17)3-2-4-13(11)16-14(18)9-15/h2-4H,5-10,15H2,1H3,(H,16,18). The lowest BCUT2D eigenvalue weighted by atomic mass is 10.1. The molecular weight excluding hydrogens is 258 g/mol. The van der Waals surface area contributed by atoms with Gasteiger partial charge < -0.3 is 11.1 Å². The molecular formula is C14H21N3OS. The molecule has 2 rings (SSSR count). The smallest absolute Gasteiger partial charge is 0.238 e. The first-order valence-corrected chi connectivity index (χ1v) is 7.74. The number of rotatable bonds is 4. The molecule has 5 heteroatoms. The monoisotopic (exact) mass is 279 g/mol. The van der Waals surface area contributed by atoms with Crippen LogP contribution in [0.4, 0.5) is 5.69 Å². The summed E-state index contributed by atoms with van der Waals surface area (Å²) in [5.41, 5.74) is 8.63. The molecule has 1 heterocycles. The highest BCUT2D eigenvalue weighted by atomic mass is 32.2. The van der Waals surface area contributed by atoms with Gasteiger partial charge in [-0.25, -0.2) is 0 Å². The molecule has 1 aromatic rings. The van der Waals surface area contributed by atoms with Crippen LogP contribution in [0.5, 0.6) is 0 Å². The topological polar surface area (TPSA) is 58.4 Å². The molecule has 0 bridgehead atoms. The van der Waals surface area contributed by atoms with Crippen molar-refractivity contribution in [3.63, 3.8) is 0 Å². The highest BCUT2D eigenvalue weighted by Crippen LogP contribution is 2.21. The normalized spacial score (nSPS) is 16.3. The number of thioether (sulfide) groups is 1. The number of anilines is 1. The predicted octanol–water partition coefficient (Wildman–Crippen LogP) is 1.44. The Morgan fingerprint density at radius 1 is 1.42 bits per heavy atom. The summed E-state index contributed by atoms with van der Waals surface area (Å²) in [5.74, 6) is 2.28. The van der Waals surface area contributed by atoms with E-state index >= 15 is 0 Å². The number of nitrogens with zero attached hydrogens (tertiary/aromatic N) is 1. The molecule has 1 amide bonds. The van der Waals surface area contributed by atoms with Gasteiger partial charge in [0.15, 0.2) is 0 Å². The highest BCUT2D eigenvalue weighted by Gasteiger charge is 2.13. The van der Waals surface area contributed by atoms with Crippen LogP contribution in [-0.2, 0) is 11.3 Å². The molecule has 3 N–H and O–H groups in total. The largest absolute Gasteiger partial charge is 0.325 e. The van der Waals surface area contributed by atoms with Gasteiger partial charge in [0.05, 0.1) is 6.54 Å². The van der Waals surface area contributed by atoms with Crippen LogP contribution in [0.2, 0.25) is 0 Å². The number of nitrogens with one attached hydrogen (secondary N) is 1. The summed E-state index contributed by atoms with van der Waals surface area (Å²) < 4.78 is 0. The number of amides is 1. The molecule has 1 aliphatic heterocycles. The van der Waals surface area contributed by atoms with Crippen LogP contribution in [0, 0.1) is 6.92 Å². The molecule has 0 aromatic heterocycles. The molecule has 0 aliphatic carbocycles. The van der Waals surface area contributed by atoms with Crippen LogP contribution < -0.4 is 11.1 Å². The van der Waals surface area contributed by atoms with E-state index in [1.807, 2.05) is 23.9 Å². The van der Waals surface area contributed by atoms with Crippen LogP contribution in [0.1, 0.15) is 11.1 Å². The third-order valence-electron chi connectivity index (χ3n) is 3.40. The minimum atomic E-state index is -0.144. The Morgan fingerprint density at radius 3 is 2.84 bits per heavy atom. The first-order valence-electron chi connectivity index (χ1n) is 6.59. The summed E-state index contributed by atoms with van der Waals surface area (Å²) in [4.78, 5) is 13.9. The van der Waals surface area contributed by atoms with Crippen molar-refractivity contribution in [1.29, 1.82) is 0 Å². The van der Waals surface area contributed by atoms with E-state index in [1.54, 1.807) is 0 Å². The van der Waals surface area contributed by atoms with E-state index in [0.717, 1.165) is 30.9 Å². The summed E-state index contributed by atoms with van der Waals surface area (Å²) in [5, 5.41) is 2.85. The van der Waals surface area contributed by atoms with Gasteiger partial charge in [-0.2, -0.15) is 11.8 Å². The predicted molar refractivity (Wildman–Crippen MR) is 81.5 cm³/mol. The van der Waals surface area contributed by atoms with Gasteiger partial charge in [-0.3, -0.25) is 9.69 Å². The van der Waals surface area contributed by atoms with E-state index < -0.39 is 0 Å². The molecule has 0 radical (unpaired) electrons. The van der Waals surface area contributed by atoms with Gasteiger partial charge in [0.2, 0.25) is 5.91 Å². The van der Waals surface area contributed by atoms with Crippen molar-refractivity contribution in [2.75, 3.05) is 36.5 Å². The van der Waals surface area contributed by atoms with Gasteiger partial charge in [0.25, 0.3) is 0 Å². The molecule has 0 spiro atoms. The fraction of sp³-hybridized carbons (Fsp3) is 0.500. The van der Waals surface area contributed by atoms with Gasteiger partial charge in [-0.05, 0) is 24.1 Å². The van der Waals surface area contributed by atoms with Crippen molar-refractivity contribution >= 4 is 23.4 Å². The number of hydrogen-bond acceptors (Lipinski definition) is 4. The van der Waals surface area contributed by atoms with E-state index in [-0.39, 0.29) is 12.5 Å². The Labute approximate surface area is 118 Å². The summed E-state index contributed by atoms with van der Waals surface area (Å²) >= 11 is 2.02. The van der Waals surface area contributed by atoms with Gasteiger partial charge in [-0.1, -0.05) is 12.1 Å². The van der Waals surface area contributed by atoms with Gasteiger partial charge in [-0.15, -0.1) is 0 Å². The van der Waals surface area contributed by atoms with Gasteiger partial charge in [0.1, 0.15) is 0 Å². The SMILES string of the molecule is Cc1c(CN2CCSCC2)cccc1NC(=O)CN. The molecule has 1 aliphatic rings. The highest BCUT2D eigenvalue weighted by molar-refractivity contribution is 7.99. The second-order valence-electron chi connectivity index (χ2n) is 4.73. The van der Waals surface area contributed by atoms with E-state index in [9.17, 15) is 4.79 Å². The Bertz CT molecular complexity index is 444. The quantitative estimate of drug-likeness (QED) is 0.875. The average Bonchev–Trinajstić information content (AvgIpc) is 2.44. The van der Waals surface area contributed by atoms with Crippen molar-refractivity contribution in [2.24, 2.45) is 5.73 Å². The molecule has 1 fully saturated rings. The number of nitrogens with two attached hydrogens (primary N) is 1. The molecule has 0 saturated carbocycles. The summed E-state index contributed by atoms with van der Waals surface area (Å²) in [6.45, 7) is 5.32. The minimum absolute atomic E-state index is 0.0208. The van der Waals surface area contributed by atoms with E-state index in [4.69, 9.17) is 5.73 Å². The minimum Gasteiger partial charge on any atom is -0.325 e. The lowest BCUT2D eigenvalue weighted by molar-refractivity contribution is -0.114. The molecule has 104 valence electrons. The second-order valence-corrected chi connectivity index (χ2v) is 5.96. The maximum Gasteiger partial charge on any atom is 0.238 e. The summed E-state index contributed by atoms with van der Waals surface area (Å²) in [6, 6.07) is 6.06. The van der Waals surface area contributed by atoms with Crippen LogP contribution in [0.3, 0.4) is 0 Å². The number of benzene rings is 1. The van der Waals surface area contributed by atoms with Crippen molar-refractivity contribution in [3.05, 3.63) is 29.3 Å². The van der Waals surface area contributed by atoms with Crippen LogP contribution in [0.25, 0.3) is 0 Å². The summed E-state index contributed by atoms with van der Waals surface area (Å²) in [6.07, 6.45) is 0. The van der Waals surface area contributed by atoms with E-state index in [1.165, 1.54) is 17.1 Å². The number of carbonyl (C=O) groups is 1. The third kappa shape index (κ3) is 3.96. The molecule has 4 nitrogen and oxygen atoms in total. The Balaban J connectivity index is 2.07. The van der Waals surface area contributed by atoms with Crippen molar-refractivity contribution in [1.82, 2.24) is 4.90 Å². The van der Waals surface area contributed by atoms with Crippen molar-refractivity contribution in [2.45, 2.75) is 13.5 Å². The Kier molecular flexibility index (Phi) is 5.24. The van der Waals surface area contributed by atoms with Crippen LogP contribution in [0.15, 0.2) is 18.2 Å². The fourth-order valence-corrected chi connectivity index (χ4v) is 3.17. The first-order chi connectivity index (χ1) is 9.20. The lowest BCUT2D eigenvalue weighted by Crippen LogP contribution is -2.32. The maximum atomic E-state index is 11.4. The van der Waals surface area contributed by atoms with Gasteiger partial charge >= 0.3 is 0 Å². The van der Waals surface area contributed by atoms with Crippen molar-refractivity contribution < 1.29 is 4.79 Å². The van der Waals surface area contributed by atoms with Gasteiger partial charge in [0, 0.05) is 36.8 Å². The van der Waals surface area contributed by atoms with E-state index in [0.29, 0.717) is 0 Å². The Hall–Kier alpha value is -1.04. The van der Waals surface area contributed by atoms with Crippen LogP contribution >= 0.6 is 11.8 Å². The second kappa shape index (κ2) is 6.93. The van der Waals surface area contributed by atoms with Crippen LogP contribution in [-0.4, -0.2) is 41.9 Å². The zero-order chi connectivity index (χ0) is 13.7.